The zero-order valence-corrected chi connectivity index (χ0v) is 16.3. The Morgan fingerprint density at radius 1 is 1.18 bits per heavy atom. The molecule has 0 spiro atoms. The number of hydrogen-bond acceptors (Lipinski definition) is 6. The highest BCUT2D eigenvalue weighted by molar-refractivity contribution is 7.94. The highest BCUT2D eigenvalue weighted by Crippen LogP contribution is 2.19. The molecular weight excluding hydrogens is 383 g/mol. The van der Waals surface area contributed by atoms with Crippen LogP contribution in [0.4, 0.5) is 4.39 Å². The highest BCUT2D eigenvalue weighted by Gasteiger charge is 2.12. The van der Waals surface area contributed by atoms with Crippen LogP contribution >= 0.6 is 0 Å². The molecule has 0 amide bonds. The molecule has 6 nitrogen and oxygen atoms in total. The Morgan fingerprint density at radius 3 is 2.64 bits per heavy atom. The second kappa shape index (κ2) is 9.77. The lowest BCUT2D eigenvalue weighted by molar-refractivity contribution is 0.0358. The second-order valence-electron chi connectivity index (χ2n) is 6.35. The van der Waals surface area contributed by atoms with Gasteiger partial charge >= 0.3 is 0 Å². The van der Waals surface area contributed by atoms with Crippen LogP contribution in [-0.2, 0) is 14.6 Å². The summed E-state index contributed by atoms with van der Waals surface area (Å²) in [5, 5.41) is 0.955. The Balaban J connectivity index is 1.52. The van der Waals surface area contributed by atoms with Gasteiger partial charge in [0.2, 0.25) is 0 Å². The van der Waals surface area contributed by atoms with Gasteiger partial charge in [0.1, 0.15) is 11.6 Å². The molecule has 0 unspecified atom stereocenters. The number of ether oxygens (including phenoxy) is 2. The third-order valence-electron chi connectivity index (χ3n) is 4.34. The lowest BCUT2D eigenvalue weighted by atomic mass is 10.3. The van der Waals surface area contributed by atoms with E-state index in [1.807, 2.05) is 0 Å². The average Bonchev–Trinajstić information content (AvgIpc) is 2.72. The first-order chi connectivity index (χ1) is 13.5. The smallest absolute Gasteiger partial charge is 0.199 e. The van der Waals surface area contributed by atoms with E-state index < -0.39 is 15.7 Å². The normalized spacial score (nSPS) is 15.8. The third-order valence-corrected chi connectivity index (χ3v) is 5.76. The minimum atomic E-state index is -3.69. The molecule has 1 aromatic heterocycles. The van der Waals surface area contributed by atoms with E-state index in [1.54, 1.807) is 12.1 Å². The number of aromatic nitrogens is 1. The van der Waals surface area contributed by atoms with Crippen LogP contribution in [0.15, 0.2) is 52.9 Å². The standard InChI is InChI=1S/C20H23FN2O4S/c21-19-3-1-9-22-20(19)8-16-28(24,25)18-6-4-17(5-7-18)27-13-2-10-23-11-14-26-15-12-23/h1,3-9,16H,2,10-15H2/b16-8+. The van der Waals surface area contributed by atoms with Gasteiger partial charge in [-0.3, -0.25) is 9.88 Å². The number of rotatable bonds is 8. The zero-order valence-electron chi connectivity index (χ0n) is 15.5. The first-order valence-electron chi connectivity index (χ1n) is 9.11. The Labute approximate surface area is 164 Å². The van der Waals surface area contributed by atoms with E-state index in [1.165, 1.54) is 30.5 Å². The molecule has 2 aromatic rings. The van der Waals surface area contributed by atoms with Crippen molar-refractivity contribution in [3.63, 3.8) is 0 Å². The van der Waals surface area contributed by atoms with Crippen molar-refractivity contribution >= 4 is 15.9 Å². The summed E-state index contributed by atoms with van der Waals surface area (Å²) in [4.78, 5) is 6.25. The van der Waals surface area contributed by atoms with Crippen molar-refractivity contribution in [2.24, 2.45) is 0 Å². The molecule has 0 saturated carbocycles. The van der Waals surface area contributed by atoms with Crippen molar-refractivity contribution in [2.45, 2.75) is 11.3 Å². The maximum absolute atomic E-state index is 13.6. The molecule has 1 aromatic carbocycles. The zero-order chi connectivity index (χ0) is 19.8. The van der Waals surface area contributed by atoms with Gasteiger partial charge in [-0.25, -0.2) is 12.8 Å². The molecule has 0 atom stereocenters. The quantitative estimate of drug-likeness (QED) is 0.628. The van der Waals surface area contributed by atoms with Crippen molar-refractivity contribution in [1.29, 1.82) is 0 Å². The minimum Gasteiger partial charge on any atom is -0.494 e. The molecule has 0 aliphatic carbocycles. The number of morpholine rings is 1. The fourth-order valence-corrected chi connectivity index (χ4v) is 3.76. The largest absolute Gasteiger partial charge is 0.494 e. The van der Waals surface area contributed by atoms with Gasteiger partial charge in [-0.1, -0.05) is 0 Å². The summed E-state index contributed by atoms with van der Waals surface area (Å²) in [5.41, 5.74) is -0.0219. The molecule has 2 heterocycles. The number of pyridine rings is 1. The summed E-state index contributed by atoms with van der Waals surface area (Å²) >= 11 is 0. The fourth-order valence-electron chi connectivity index (χ4n) is 2.78. The van der Waals surface area contributed by atoms with Gasteiger partial charge in [-0.2, -0.15) is 0 Å². The predicted octanol–water partition coefficient (Wildman–Crippen LogP) is 2.77. The number of hydrogen-bond donors (Lipinski definition) is 0. The summed E-state index contributed by atoms with van der Waals surface area (Å²) in [5.74, 6) is 0.0375. The van der Waals surface area contributed by atoms with Gasteiger partial charge in [0, 0.05) is 31.2 Å². The van der Waals surface area contributed by atoms with Crippen molar-refractivity contribution in [3.05, 3.63) is 59.5 Å². The van der Waals surface area contributed by atoms with Gasteiger partial charge in [0.15, 0.2) is 9.84 Å². The molecule has 1 aliphatic rings. The van der Waals surface area contributed by atoms with Gasteiger partial charge in [0.05, 0.1) is 30.4 Å². The highest BCUT2D eigenvalue weighted by atomic mass is 32.2. The summed E-state index contributed by atoms with van der Waals surface area (Å²) in [7, 11) is -3.69. The average molecular weight is 406 g/mol. The van der Waals surface area contributed by atoms with Gasteiger partial charge < -0.3 is 9.47 Å². The van der Waals surface area contributed by atoms with Crippen LogP contribution in [0.5, 0.6) is 5.75 Å². The number of benzene rings is 1. The first kappa shape index (κ1) is 20.4. The van der Waals surface area contributed by atoms with Crippen molar-refractivity contribution in [2.75, 3.05) is 39.5 Å². The molecule has 3 rings (SSSR count). The molecule has 1 aliphatic heterocycles. The van der Waals surface area contributed by atoms with Crippen LogP contribution in [-0.4, -0.2) is 57.8 Å². The fraction of sp³-hybridized carbons (Fsp3) is 0.350. The Hall–Kier alpha value is -2.29. The summed E-state index contributed by atoms with van der Waals surface area (Å²) in [6.45, 7) is 4.95. The summed E-state index contributed by atoms with van der Waals surface area (Å²) < 4.78 is 49.3. The molecule has 0 N–H and O–H groups in total. The van der Waals surface area contributed by atoms with Gasteiger partial charge in [-0.15, -0.1) is 0 Å². The third kappa shape index (κ3) is 5.85. The van der Waals surface area contributed by atoms with E-state index in [4.69, 9.17) is 9.47 Å². The van der Waals surface area contributed by atoms with Gasteiger partial charge in [-0.05, 0) is 48.9 Å². The lowest BCUT2D eigenvalue weighted by Crippen LogP contribution is -2.37. The molecule has 28 heavy (non-hydrogen) atoms. The number of halogens is 1. The monoisotopic (exact) mass is 406 g/mol. The van der Waals surface area contributed by atoms with E-state index in [2.05, 4.69) is 9.88 Å². The van der Waals surface area contributed by atoms with E-state index in [-0.39, 0.29) is 10.6 Å². The first-order valence-corrected chi connectivity index (χ1v) is 10.7. The summed E-state index contributed by atoms with van der Waals surface area (Å²) in [6.07, 6.45) is 3.44. The summed E-state index contributed by atoms with van der Waals surface area (Å²) in [6, 6.07) is 8.87. The van der Waals surface area contributed by atoms with Crippen molar-refractivity contribution in [3.8, 4) is 5.75 Å². The molecule has 0 bridgehead atoms. The van der Waals surface area contributed by atoms with Crippen LogP contribution in [0.3, 0.4) is 0 Å². The Kier molecular flexibility index (Phi) is 7.13. The van der Waals surface area contributed by atoms with E-state index in [0.717, 1.165) is 50.8 Å². The minimum absolute atomic E-state index is 0.0219. The molecular formula is C20H23FN2O4S. The topological polar surface area (TPSA) is 68.7 Å². The van der Waals surface area contributed by atoms with Gasteiger partial charge in [0.25, 0.3) is 0 Å². The number of sulfone groups is 1. The van der Waals surface area contributed by atoms with E-state index in [0.29, 0.717) is 12.4 Å². The van der Waals surface area contributed by atoms with Crippen molar-refractivity contribution < 1.29 is 22.3 Å². The van der Waals surface area contributed by atoms with Crippen molar-refractivity contribution in [1.82, 2.24) is 9.88 Å². The maximum Gasteiger partial charge on any atom is 0.199 e. The van der Waals surface area contributed by atoms with E-state index in [9.17, 15) is 12.8 Å². The van der Waals surface area contributed by atoms with Crippen LogP contribution in [0, 0.1) is 5.82 Å². The van der Waals surface area contributed by atoms with Crippen LogP contribution in [0.1, 0.15) is 12.1 Å². The molecule has 0 radical (unpaired) electrons. The Bertz CT molecular complexity index is 895. The van der Waals surface area contributed by atoms with Crippen LogP contribution in [0.25, 0.3) is 6.08 Å². The van der Waals surface area contributed by atoms with Crippen LogP contribution in [0.2, 0.25) is 0 Å². The predicted molar refractivity (Wildman–Crippen MR) is 104 cm³/mol. The second-order valence-corrected chi connectivity index (χ2v) is 8.18. The Morgan fingerprint density at radius 2 is 1.93 bits per heavy atom. The maximum atomic E-state index is 13.6. The molecule has 1 saturated heterocycles. The van der Waals surface area contributed by atoms with Crippen LogP contribution < -0.4 is 4.74 Å². The number of nitrogens with zero attached hydrogens (tertiary/aromatic N) is 2. The van der Waals surface area contributed by atoms with E-state index >= 15 is 0 Å². The lowest BCUT2D eigenvalue weighted by Gasteiger charge is -2.26. The molecule has 8 heteroatoms. The SMILES string of the molecule is O=S(=O)(/C=C/c1ncccc1F)c1ccc(OCCCN2CCOCC2)cc1. The molecule has 1 fully saturated rings. The molecule has 150 valence electrons.